The average Bonchev–Trinajstić information content (AvgIpc) is 3.02. The van der Waals surface area contributed by atoms with Crippen LogP contribution in [0.1, 0.15) is 18.4 Å². The predicted molar refractivity (Wildman–Crippen MR) is 96.6 cm³/mol. The van der Waals surface area contributed by atoms with Crippen molar-refractivity contribution in [1.29, 1.82) is 0 Å². The van der Waals surface area contributed by atoms with Gasteiger partial charge in [0.1, 0.15) is 5.52 Å². The quantitative estimate of drug-likeness (QED) is 0.702. The summed E-state index contributed by atoms with van der Waals surface area (Å²) in [5.41, 5.74) is 2.44. The van der Waals surface area contributed by atoms with E-state index in [1.165, 1.54) is 6.08 Å². The van der Waals surface area contributed by atoms with Crippen molar-refractivity contribution < 1.29 is 14.3 Å². The van der Waals surface area contributed by atoms with Gasteiger partial charge in [-0.1, -0.05) is 42.5 Å². The Bertz CT molecular complexity index is 836. The van der Waals surface area contributed by atoms with Gasteiger partial charge in [-0.2, -0.15) is 0 Å². The molecule has 0 spiro atoms. The average molecular weight is 336 g/mol. The molecular formula is C20H20N2O3. The molecule has 0 fully saturated rings. The summed E-state index contributed by atoms with van der Waals surface area (Å²) in [5.74, 6) is 0.179. The molecule has 0 bridgehead atoms. The highest BCUT2D eigenvalue weighted by Gasteiger charge is 2.14. The maximum Gasteiger partial charge on any atom is 0.247 e. The number of para-hydroxylation sites is 2. The first-order valence-electron chi connectivity index (χ1n) is 8.16. The van der Waals surface area contributed by atoms with Gasteiger partial charge < -0.3 is 14.4 Å². The van der Waals surface area contributed by atoms with Crippen LogP contribution in [0.2, 0.25) is 0 Å². The fourth-order valence-corrected chi connectivity index (χ4v) is 2.56. The standard InChI is InChI=1S/C20H20N2O3/c1-15(23)13-22(14-16-7-3-2-4-8-16)20(24)12-11-19-21-17-9-5-6-10-18(17)25-19/h2-12,15,23H,13-14H2,1H3/b12-11+. The summed E-state index contributed by atoms with van der Waals surface area (Å²) in [4.78, 5) is 18.4. The van der Waals surface area contributed by atoms with Crippen molar-refractivity contribution in [2.24, 2.45) is 0 Å². The number of rotatable bonds is 6. The van der Waals surface area contributed by atoms with Crippen LogP contribution < -0.4 is 0 Å². The van der Waals surface area contributed by atoms with E-state index >= 15 is 0 Å². The molecule has 2 aromatic carbocycles. The van der Waals surface area contributed by atoms with Crippen molar-refractivity contribution in [3.63, 3.8) is 0 Å². The Balaban J connectivity index is 1.74. The molecule has 0 saturated carbocycles. The zero-order valence-electron chi connectivity index (χ0n) is 14.0. The third kappa shape index (κ3) is 4.55. The second-order valence-corrected chi connectivity index (χ2v) is 5.91. The summed E-state index contributed by atoms with van der Waals surface area (Å²) in [6.45, 7) is 2.35. The third-order valence-corrected chi connectivity index (χ3v) is 3.69. The summed E-state index contributed by atoms with van der Waals surface area (Å²) in [5, 5.41) is 9.68. The largest absolute Gasteiger partial charge is 0.437 e. The first-order chi connectivity index (χ1) is 12.1. The second-order valence-electron chi connectivity index (χ2n) is 5.91. The maximum atomic E-state index is 12.5. The van der Waals surface area contributed by atoms with Crippen LogP contribution in [0.3, 0.4) is 0 Å². The zero-order valence-corrected chi connectivity index (χ0v) is 14.0. The molecule has 0 aliphatic carbocycles. The fraction of sp³-hybridized carbons (Fsp3) is 0.200. The van der Waals surface area contributed by atoms with E-state index in [1.807, 2.05) is 54.6 Å². The van der Waals surface area contributed by atoms with Crippen LogP contribution in [0.15, 0.2) is 65.1 Å². The first kappa shape index (κ1) is 16.9. The number of fused-ring (bicyclic) bond motifs is 1. The van der Waals surface area contributed by atoms with Crippen LogP contribution in [0.5, 0.6) is 0 Å². The van der Waals surface area contributed by atoms with Crippen molar-refractivity contribution in [1.82, 2.24) is 9.88 Å². The van der Waals surface area contributed by atoms with E-state index in [0.717, 1.165) is 11.1 Å². The monoisotopic (exact) mass is 336 g/mol. The smallest absolute Gasteiger partial charge is 0.247 e. The van der Waals surface area contributed by atoms with Crippen LogP contribution in [0.4, 0.5) is 0 Å². The van der Waals surface area contributed by atoms with E-state index in [-0.39, 0.29) is 12.5 Å². The van der Waals surface area contributed by atoms with Crippen LogP contribution in [0, 0.1) is 0 Å². The number of aromatic nitrogens is 1. The van der Waals surface area contributed by atoms with Gasteiger partial charge in [0.15, 0.2) is 5.58 Å². The molecule has 5 heteroatoms. The number of nitrogens with zero attached hydrogens (tertiary/aromatic N) is 2. The lowest BCUT2D eigenvalue weighted by atomic mass is 10.2. The summed E-state index contributed by atoms with van der Waals surface area (Å²) in [7, 11) is 0. The molecule has 0 aliphatic heterocycles. The molecule has 0 aliphatic rings. The molecule has 1 amide bonds. The third-order valence-electron chi connectivity index (χ3n) is 3.69. The SMILES string of the molecule is CC(O)CN(Cc1ccccc1)C(=O)/C=C/c1nc2ccccc2o1. The van der Waals surface area contributed by atoms with Crippen LogP contribution >= 0.6 is 0 Å². The van der Waals surface area contributed by atoms with Gasteiger partial charge in [-0.25, -0.2) is 4.98 Å². The van der Waals surface area contributed by atoms with Crippen LogP contribution in [-0.2, 0) is 11.3 Å². The topological polar surface area (TPSA) is 66.6 Å². The number of oxazole rings is 1. The van der Waals surface area contributed by atoms with Gasteiger partial charge in [0, 0.05) is 25.2 Å². The summed E-state index contributed by atoms with van der Waals surface area (Å²) in [6.07, 6.45) is 2.38. The summed E-state index contributed by atoms with van der Waals surface area (Å²) >= 11 is 0. The molecule has 1 heterocycles. The highest BCUT2D eigenvalue weighted by atomic mass is 16.3. The number of benzene rings is 2. The van der Waals surface area contributed by atoms with Crippen molar-refractivity contribution in [2.45, 2.75) is 19.6 Å². The number of carbonyl (C=O) groups is 1. The molecular weight excluding hydrogens is 316 g/mol. The molecule has 25 heavy (non-hydrogen) atoms. The molecule has 1 unspecified atom stereocenters. The van der Waals surface area contributed by atoms with Gasteiger partial charge in [-0.3, -0.25) is 4.79 Å². The second kappa shape index (κ2) is 7.77. The fourth-order valence-electron chi connectivity index (χ4n) is 2.56. The molecule has 3 rings (SSSR count). The lowest BCUT2D eigenvalue weighted by Gasteiger charge is -2.22. The summed E-state index contributed by atoms with van der Waals surface area (Å²) in [6, 6.07) is 17.1. The van der Waals surface area contributed by atoms with E-state index in [1.54, 1.807) is 17.9 Å². The van der Waals surface area contributed by atoms with E-state index in [0.29, 0.717) is 18.0 Å². The van der Waals surface area contributed by atoms with Crippen molar-refractivity contribution >= 4 is 23.1 Å². The molecule has 128 valence electrons. The lowest BCUT2D eigenvalue weighted by molar-refractivity contribution is -0.127. The number of aliphatic hydroxyl groups excluding tert-OH is 1. The van der Waals surface area contributed by atoms with E-state index in [9.17, 15) is 9.90 Å². The molecule has 3 aromatic rings. The minimum atomic E-state index is -0.606. The highest BCUT2D eigenvalue weighted by Crippen LogP contribution is 2.15. The van der Waals surface area contributed by atoms with E-state index < -0.39 is 6.10 Å². The Hall–Kier alpha value is -2.92. The van der Waals surface area contributed by atoms with E-state index in [4.69, 9.17) is 4.42 Å². The van der Waals surface area contributed by atoms with Crippen molar-refractivity contribution in [3.05, 3.63) is 72.1 Å². The Kier molecular flexibility index (Phi) is 5.26. The highest BCUT2D eigenvalue weighted by molar-refractivity contribution is 5.91. The Morgan fingerprint density at radius 1 is 1.20 bits per heavy atom. The number of hydrogen-bond acceptors (Lipinski definition) is 4. The normalized spacial score (nSPS) is 12.6. The van der Waals surface area contributed by atoms with Gasteiger partial charge >= 0.3 is 0 Å². The number of amides is 1. The predicted octanol–water partition coefficient (Wildman–Crippen LogP) is 3.25. The number of hydrogen-bond donors (Lipinski definition) is 1. The maximum absolute atomic E-state index is 12.5. The van der Waals surface area contributed by atoms with E-state index in [2.05, 4.69) is 4.98 Å². The van der Waals surface area contributed by atoms with Gasteiger partial charge in [0.2, 0.25) is 11.8 Å². The van der Waals surface area contributed by atoms with Crippen LogP contribution in [-0.4, -0.2) is 33.5 Å². The molecule has 1 aromatic heterocycles. The molecule has 1 N–H and O–H groups in total. The lowest BCUT2D eigenvalue weighted by Crippen LogP contribution is -2.35. The van der Waals surface area contributed by atoms with Crippen LogP contribution in [0.25, 0.3) is 17.2 Å². The van der Waals surface area contributed by atoms with Crippen molar-refractivity contribution in [3.8, 4) is 0 Å². The number of aliphatic hydroxyl groups is 1. The molecule has 5 nitrogen and oxygen atoms in total. The van der Waals surface area contributed by atoms with Crippen molar-refractivity contribution in [2.75, 3.05) is 6.54 Å². The number of carbonyl (C=O) groups excluding carboxylic acids is 1. The Morgan fingerprint density at radius 2 is 1.92 bits per heavy atom. The first-order valence-corrected chi connectivity index (χ1v) is 8.16. The zero-order chi connectivity index (χ0) is 17.6. The summed E-state index contributed by atoms with van der Waals surface area (Å²) < 4.78 is 5.58. The molecule has 0 saturated heterocycles. The Labute approximate surface area is 146 Å². The minimum absolute atomic E-state index is 0.202. The molecule has 0 radical (unpaired) electrons. The van der Waals surface area contributed by atoms with Gasteiger partial charge in [-0.15, -0.1) is 0 Å². The van der Waals surface area contributed by atoms with Gasteiger partial charge in [-0.05, 0) is 24.6 Å². The Morgan fingerprint density at radius 3 is 2.64 bits per heavy atom. The van der Waals surface area contributed by atoms with Gasteiger partial charge in [0.05, 0.1) is 6.10 Å². The minimum Gasteiger partial charge on any atom is -0.437 e. The van der Waals surface area contributed by atoms with Gasteiger partial charge in [0.25, 0.3) is 0 Å². The molecule has 1 atom stereocenters.